The zero-order valence-electron chi connectivity index (χ0n) is 12.0. The zero-order valence-corrected chi connectivity index (χ0v) is 12.0. The van der Waals surface area contributed by atoms with Gasteiger partial charge < -0.3 is 19.4 Å². The van der Waals surface area contributed by atoms with Crippen molar-refractivity contribution in [3.05, 3.63) is 40.7 Å². The van der Waals surface area contributed by atoms with E-state index in [2.05, 4.69) is 10.5 Å². The first kappa shape index (κ1) is 14.3. The van der Waals surface area contributed by atoms with Gasteiger partial charge in [-0.15, -0.1) is 0 Å². The average Bonchev–Trinajstić information content (AvgIpc) is 2.93. The van der Waals surface area contributed by atoms with Gasteiger partial charge >= 0.3 is 0 Å². The molecule has 0 aliphatic heterocycles. The summed E-state index contributed by atoms with van der Waals surface area (Å²) in [5, 5.41) is 16.7. The summed E-state index contributed by atoms with van der Waals surface area (Å²) >= 11 is 0. The van der Waals surface area contributed by atoms with Gasteiger partial charge in [-0.1, -0.05) is 5.16 Å². The molecule has 1 unspecified atom stereocenters. The van der Waals surface area contributed by atoms with Crippen LogP contribution in [0.2, 0.25) is 0 Å². The molecule has 1 amide bonds. The lowest BCUT2D eigenvalue weighted by Crippen LogP contribution is -2.38. The van der Waals surface area contributed by atoms with Crippen molar-refractivity contribution in [1.29, 1.82) is 0 Å². The zero-order chi connectivity index (χ0) is 14.9. The van der Waals surface area contributed by atoms with Crippen molar-refractivity contribution in [2.24, 2.45) is 0 Å². The molecule has 2 aromatic heterocycles. The Bertz CT molecular complexity index is 625. The first-order valence-corrected chi connectivity index (χ1v) is 6.31. The number of carbonyl (C=O) groups is 1. The molecule has 0 aromatic carbocycles. The highest BCUT2D eigenvalue weighted by Gasteiger charge is 2.28. The van der Waals surface area contributed by atoms with Gasteiger partial charge in [-0.3, -0.25) is 4.79 Å². The van der Waals surface area contributed by atoms with Gasteiger partial charge in [0.2, 0.25) is 5.76 Å². The number of amides is 1. The lowest BCUT2D eigenvalue weighted by Gasteiger charge is -2.22. The van der Waals surface area contributed by atoms with E-state index in [9.17, 15) is 9.90 Å². The number of furan rings is 1. The van der Waals surface area contributed by atoms with Gasteiger partial charge in [-0.05, 0) is 33.8 Å². The van der Waals surface area contributed by atoms with Gasteiger partial charge in [0.1, 0.15) is 17.1 Å². The predicted octanol–water partition coefficient (Wildman–Crippen LogP) is 1.83. The van der Waals surface area contributed by atoms with Crippen molar-refractivity contribution in [3.8, 4) is 0 Å². The molecule has 20 heavy (non-hydrogen) atoms. The summed E-state index contributed by atoms with van der Waals surface area (Å²) in [5.74, 6) is 1.06. The number of hydrogen-bond acceptors (Lipinski definition) is 5. The van der Waals surface area contributed by atoms with Crippen LogP contribution in [0.15, 0.2) is 21.1 Å². The molecule has 0 spiro atoms. The predicted molar refractivity (Wildman–Crippen MR) is 71.3 cm³/mol. The van der Waals surface area contributed by atoms with Crippen LogP contribution in [0.4, 0.5) is 0 Å². The first-order valence-electron chi connectivity index (χ1n) is 6.31. The topological polar surface area (TPSA) is 88.5 Å². The number of aromatic nitrogens is 1. The van der Waals surface area contributed by atoms with E-state index in [0.717, 1.165) is 5.76 Å². The van der Waals surface area contributed by atoms with E-state index >= 15 is 0 Å². The van der Waals surface area contributed by atoms with Gasteiger partial charge in [0.05, 0.1) is 12.2 Å². The molecular weight excluding hydrogens is 260 g/mol. The fourth-order valence-corrected chi connectivity index (χ4v) is 2.07. The quantitative estimate of drug-likeness (QED) is 0.890. The second-order valence-electron chi connectivity index (χ2n) is 5.12. The van der Waals surface area contributed by atoms with Crippen LogP contribution in [0.1, 0.15) is 40.3 Å². The van der Waals surface area contributed by atoms with Crippen LogP contribution in [0.3, 0.4) is 0 Å². The van der Waals surface area contributed by atoms with Crippen molar-refractivity contribution in [1.82, 2.24) is 10.5 Å². The number of aryl methyl sites for hydroxylation is 3. The number of carbonyl (C=O) groups excluding carboxylic acids is 1. The molecule has 2 aromatic rings. The molecule has 0 saturated heterocycles. The van der Waals surface area contributed by atoms with Crippen molar-refractivity contribution < 1.29 is 18.8 Å². The normalized spacial score (nSPS) is 14.1. The fourth-order valence-electron chi connectivity index (χ4n) is 2.07. The van der Waals surface area contributed by atoms with Gasteiger partial charge in [-0.2, -0.15) is 0 Å². The number of nitrogens with one attached hydrogen (secondary N) is 1. The summed E-state index contributed by atoms with van der Waals surface area (Å²) in [7, 11) is 0. The fraction of sp³-hybridized carbons (Fsp3) is 0.429. The first-order chi connectivity index (χ1) is 9.29. The van der Waals surface area contributed by atoms with E-state index in [-0.39, 0.29) is 12.3 Å². The van der Waals surface area contributed by atoms with E-state index in [1.165, 1.54) is 6.07 Å². The average molecular weight is 278 g/mol. The minimum Gasteiger partial charge on any atom is -0.466 e. The molecular formula is C14H18N2O4. The second-order valence-corrected chi connectivity index (χ2v) is 5.12. The summed E-state index contributed by atoms with van der Waals surface area (Å²) in [6.45, 7) is 6.98. The smallest absolute Gasteiger partial charge is 0.290 e. The maximum Gasteiger partial charge on any atom is 0.290 e. The Kier molecular flexibility index (Phi) is 3.67. The SMILES string of the molecule is Cc1cc(C(=O)NCC(C)(O)c2cc(C)oc2C)on1. The maximum atomic E-state index is 11.8. The summed E-state index contributed by atoms with van der Waals surface area (Å²) in [5.41, 5.74) is 0.0688. The van der Waals surface area contributed by atoms with E-state index in [4.69, 9.17) is 8.94 Å². The standard InChI is InChI=1S/C14H18N2O4/c1-8-5-12(20-16-8)13(17)15-7-14(4,18)11-6-9(2)19-10(11)3/h5-6,18H,7H2,1-4H3,(H,15,17). The molecule has 1 atom stereocenters. The van der Waals surface area contributed by atoms with Crippen molar-refractivity contribution in [2.45, 2.75) is 33.3 Å². The van der Waals surface area contributed by atoms with Crippen LogP contribution in [0, 0.1) is 20.8 Å². The van der Waals surface area contributed by atoms with Crippen molar-refractivity contribution in [2.75, 3.05) is 6.54 Å². The second kappa shape index (κ2) is 5.13. The highest BCUT2D eigenvalue weighted by atomic mass is 16.5. The summed E-state index contributed by atoms with van der Waals surface area (Å²) in [6, 6.07) is 3.30. The summed E-state index contributed by atoms with van der Waals surface area (Å²) < 4.78 is 10.3. The van der Waals surface area contributed by atoms with Gasteiger partial charge in [-0.25, -0.2) is 0 Å². The largest absolute Gasteiger partial charge is 0.466 e. The molecule has 0 bridgehead atoms. The van der Waals surface area contributed by atoms with E-state index < -0.39 is 11.5 Å². The summed E-state index contributed by atoms with van der Waals surface area (Å²) in [4.78, 5) is 11.8. The molecule has 2 heterocycles. The Morgan fingerprint density at radius 1 is 1.40 bits per heavy atom. The molecule has 0 saturated carbocycles. The van der Waals surface area contributed by atoms with Crippen molar-refractivity contribution >= 4 is 5.91 Å². The molecule has 2 N–H and O–H groups in total. The monoisotopic (exact) mass is 278 g/mol. The molecule has 6 nitrogen and oxygen atoms in total. The maximum absolute atomic E-state index is 11.8. The van der Waals surface area contributed by atoms with Gasteiger partial charge in [0.15, 0.2) is 0 Å². The number of nitrogens with zero attached hydrogens (tertiary/aromatic N) is 1. The van der Waals surface area contributed by atoms with E-state index in [1.807, 2.05) is 6.92 Å². The third-order valence-corrected chi connectivity index (χ3v) is 3.07. The number of hydrogen-bond donors (Lipinski definition) is 2. The Morgan fingerprint density at radius 3 is 2.60 bits per heavy atom. The van der Waals surface area contributed by atoms with E-state index in [1.54, 1.807) is 26.8 Å². The summed E-state index contributed by atoms with van der Waals surface area (Å²) in [6.07, 6.45) is 0. The lowest BCUT2D eigenvalue weighted by molar-refractivity contribution is 0.0504. The molecule has 0 fully saturated rings. The van der Waals surface area contributed by atoms with Crippen LogP contribution in [-0.2, 0) is 5.60 Å². The van der Waals surface area contributed by atoms with E-state index in [0.29, 0.717) is 17.0 Å². The number of aliphatic hydroxyl groups is 1. The number of rotatable bonds is 4. The Labute approximate surface area is 116 Å². The molecule has 108 valence electrons. The van der Waals surface area contributed by atoms with Crippen LogP contribution in [0.5, 0.6) is 0 Å². The molecule has 0 aliphatic carbocycles. The van der Waals surface area contributed by atoms with Crippen LogP contribution in [0.25, 0.3) is 0 Å². The Balaban J connectivity index is 2.06. The third kappa shape index (κ3) is 2.91. The Hall–Kier alpha value is -2.08. The highest BCUT2D eigenvalue weighted by molar-refractivity contribution is 5.91. The molecule has 0 aliphatic rings. The van der Waals surface area contributed by atoms with Crippen LogP contribution < -0.4 is 5.32 Å². The highest BCUT2D eigenvalue weighted by Crippen LogP contribution is 2.26. The molecule has 0 radical (unpaired) electrons. The van der Waals surface area contributed by atoms with Crippen LogP contribution >= 0.6 is 0 Å². The molecule has 6 heteroatoms. The Morgan fingerprint density at radius 2 is 2.10 bits per heavy atom. The van der Waals surface area contributed by atoms with Gasteiger partial charge in [0.25, 0.3) is 5.91 Å². The van der Waals surface area contributed by atoms with Crippen molar-refractivity contribution in [3.63, 3.8) is 0 Å². The van der Waals surface area contributed by atoms with Crippen LogP contribution in [-0.4, -0.2) is 22.7 Å². The van der Waals surface area contributed by atoms with Gasteiger partial charge in [0, 0.05) is 11.6 Å². The lowest BCUT2D eigenvalue weighted by atomic mass is 9.96. The minimum absolute atomic E-state index is 0.0470. The molecule has 2 rings (SSSR count). The third-order valence-electron chi connectivity index (χ3n) is 3.07. The minimum atomic E-state index is -1.22.